The zero-order chi connectivity index (χ0) is 16.8. The van der Waals surface area contributed by atoms with Crippen molar-refractivity contribution in [1.82, 2.24) is 20.1 Å². The van der Waals surface area contributed by atoms with Crippen molar-refractivity contribution in [3.05, 3.63) is 83.9 Å². The first-order valence-electron chi connectivity index (χ1n) is 8.06. The van der Waals surface area contributed by atoms with Gasteiger partial charge in [0.1, 0.15) is 0 Å². The third-order valence-corrected chi connectivity index (χ3v) is 3.77. The van der Waals surface area contributed by atoms with Crippen LogP contribution in [-0.4, -0.2) is 20.7 Å². The molecule has 3 aromatic rings. The van der Waals surface area contributed by atoms with Crippen LogP contribution in [0.25, 0.3) is 0 Å². The molecule has 1 unspecified atom stereocenters. The number of pyridine rings is 1. The Kier molecular flexibility index (Phi) is 5.01. The van der Waals surface area contributed by atoms with E-state index in [9.17, 15) is 4.79 Å². The number of hydrogen-bond acceptors (Lipinski definition) is 3. The van der Waals surface area contributed by atoms with Crippen LogP contribution >= 0.6 is 0 Å². The first kappa shape index (κ1) is 15.9. The molecule has 0 spiro atoms. The molecule has 0 saturated carbocycles. The van der Waals surface area contributed by atoms with E-state index in [0.29, 0.717) is 5.56 Å². The van der Waals surface area contributed by atoms with E-state index in [2.05, 4.69) is 22.3 Å². The topological polar surface area (TPSA) is 59.8 Å². The summed E-state index contributed by atoms with van der Waals surface area (Å²) in [7, 11) is 0. The van der Waals surface area contributed by atoms with Crippen molar-refractivity contribution >= 4 is 5.91 Å². The molecule has 122 valence electrons. The standard InChI is InChI=1S/C19H20N4O/c1-2-11-23-14-17(13-21-23)19(24)22-18(15-7-4-3-5-8-15)16-9-6-10-20-12-16/h3-10,12-14,18H,2,11H2,1H3,(H,22,24). The Hall–Kier alpha value is -2.95. The van der Waals surface area contributed by atoms with Crippen molar-refractivity contribution in [2.45, 2.75) is 25.9 Å². The molecule has 0 fully saturated rings. The molecule has 5 heteroatoms. The highest BCUT2D eigenvalue weighted by Crippen LogP contribution is 2.21. The zero-order valence-corrected chi connectivity index (χ0v) is 13.6. The molecule has 0 aliphatic heterocycles. The summed E-state index contributed by atoms with van der Waals surface area (Å²) >= 11 is 0. The summed E-state index contributed by atoms with van der Waals surface area (Å²) in [6, 6.07) is 13.5. The van der Waals surface area contributed by atoms with Crippen LogP contribution in [0.1, 0.15) is 40.9 Å². The number of carbonyl (C=O) groups is 1. The number of benzene rings is 1. The molecule has 0 saturated heterocycles. The molecule has 1 N–H and O–H groups in total. The fourth-order valence-electron chi connectivity index (χ4n) is 2.60. The second kappa shape index (κ2) is 7.55. The molecule has 24 heavy (non-hydrogen) atoms. The highest BCUT2D eigenvalue weighted by atomic mass is 16.1. The smallest absolute Gasteiger partial charge is 0.255 e. The van der Waals surface area contributed by atoms with E-state index < -0.39 is 0 Å². The number of nitrogens with zero attached hydrogens (tertiary/aromatic N) is 3. The summed E-state index contributed by atoms with van der Waals surface area (Å²) in [5.74, 6) is -0.143. The second-order valence-corrected chi connectivity index (χ2v) is 5.60. The molecule has 0 bridgehead atoms. The largest absolute Gasteiger partial charge is 0.341 e. The van der Waals surface area contributed by atoms with Gasteiger partial charge < -0.3 is 5.32 Å². The lowest BCUT2D eigenvalue weighted by Crippen LogP contribution is -2.29. The molecule has 2 aromatic heterocycles. The first-order valence-corrected chi connectivity index (χ1v) is 8.06. The third-order valence-electron chi connectivity index (χ3n) is 3.77. The number of aryl methyl sites for hydroxylation is 1. The zero-order valence-electron chi connectivity index (χ0n) is 13.6. The van der Waals surface area contributed by atoms with E-state index >= 15 is 0 Å². The lowest BCUT2D eigenvalue weighted by atomic mass is 10.00. The van der Waals surface area contributed by atoms with Crippen molar-refractivity contribution in [1.29, 1.82) is 0 Å². The van der Waals surface area contributed by atoms with Gasteiger partial charge in [0.05, 0.1) is 17.8 Å². The van der Waals surface area contributed by atoms with Crippen molar-refractivity contribution in [2.24, 2.45) is 0 Å². The average molecular weight is 320 g/mol. The van der Waals surface area contributed by atoms with Crippen LogP contribution in [0.15, 0.2) is 67.3 Å². The number of aromatic nitrogens is 3. The molecule has 2 heterocycles. The van der Waals surface area contributed by atoms with Gasteiger partial charge in [-0.25, -0.2) is 0 Å². The van der Waals surface area contributed by atoms with Crippen LogP contribution in [0.3, 0.4) is 0 Å². The van der Waals surface area contributed by atoms with Gasteiger partial charge in [-0.15, -0.1) is 0 Å². The van der Waals surface area contributed by atoms with E-state index in [-0.39, 0.29) is 11.9 Å². The van der Waals surface area contributed by atoms with Gasteiger partial charge in [0.15, 0.2) is 0 Å². The van der Waals surface area contributed by atoms with Gasteiger partial charge in [-0.05, 0) is 23.6 Å². The Bertz CT molecular complexity index is 744. The Morgan fingerprint density at radius 2 is 1.92 bits per heavy atom. The molecule has 1 amide bonds. The number of carbonyl (C=O) groups excluding carboxylic acids is 1. The van der Waals surface area contributed by atoms with Crippen molar-refractivity contribution in [3.8, 4) is 0 Å². The Labute approximate surface area is 141 Å². The lowest BCUT2D eigenvalue weighted by molar-refractivity contribution is 0.0943. The Balaban J connectivity index is 1.85. The van der Waals surface area contributed by atoms with Crippen LogP contribution in [0.2, 0.25) is 0 Å². The molecule has 5 nitrogen and oxygen atoms in total. The third kappa shape index (κ3) is 3.68. The van der Waals surface area contributed by atoms with Gasteiger partial charge in [-0.3, -0.25) is 14.5 Å². The average Bonchev–Trinajstić information content (AvgIpc) is 3.10. The van der Waals surface area contributed by atoms with Crippen molar-refractivity contribution in [2.75, 3.05) is 0 Å². The predicted molar refractivity (Wildman–Crippen MR) is 92.5 cm³/mol. The summed E-state index contributed by atoms with van der Waals surface area (Å²) in [5, 5.41) is 7.31. The van der Waals surface area contributed by atoms with Gasteiger partial charge in [0, 0.05) is 25.1 Å². The van der Waals surface area contributed by atoms with Crippen LogP contribution in [-0.2, 0) is 6.54 Å². The summed E-state index contributed by atoms with van der Waals surface area (Å²) in [6.07, 6.45) is 7.87. The Morgan fingerprint density at radius 3 is 2.62 bits per heavy atom. The van der Waals surface area contributed by atoms with Crippen LogP contribution in [0, 0.1) is 0 Å². The summed E-state index contributed by atoms with van der Waals surface area (Å²) in [6.45, 7) is 2.88. The van der Waals surface area contributed by atoms with Crippen molar-refractivity contribution < 1.29 is 4.79 Å². The van der Waals surface area contributed by atoms with Gasteiger partial charge in [0.25, 0.3) is 5.91 Å². The summed E-state index contributed by atoms with van der Waals surface area (Å²) in [4.78, 5) is 16.8. The normalized spacial score (nSPS) is 11.9. The molecular weight excluding hydrogens is 300 g/mol. The van der Waals surface area contributed by atoms with E-state index in [0.717, 1.165) is 24.1 Å². The maximum Gasteiger partial charge on any atom is 0.255 e. The molecule has 1 atom stereocenters. The summed E-state index contributed by atoms with van der Waals surface area (Å²) < 4.78 is 1.79. The fourth-order valence-corrected chi connectivity index (χ4v) is 2.60. The maximum atomic E-state index is 12.6. The maximum absolute atomic E-state index is 12.6. The molecular formula is C19H20N4O. The molecule has 0 radical (unpaired) electrons. The second-order valence-electron chi connectivity index (χ2n) is 5.60. The van der Waals surface area contributed by atoms with Crippen LogP contribution < -0.4 is 5.32 Å². The molecule has 0 aliphatic rings. The van der Waals surface area contributed by atoms with Crippen molar-refractivity contribution in [3.63, 3.8) is 0 Å². The highest BCUT2D eigenvalue weighted by molar-refractivity contribution is 5.94. The fraction of sp³-hybridized carbons (Fsp3) is 0.211. The number of rotatable bonds is 6. The minimum Gasteiger partial charge on any atom is -0.341 e. The number of hydrogen-bond donors (Lipinski definition) is 1. The quantitative estimate of drug-likeness (QED) is 0.758. The van der Waals surface area contributed by atoms with Gasteiger partial charge in [-0.2, -0.15) is 5.10 Å². The minimum absolute atomic E-state index is 0.143. The van der Waals surface area contributed by atoms with E-state index in [1.807, 2.05) is 42.5 Å². The van der Waals surface area contributed by atoms with E-state index in [4.69, 9.17) is 0 Å². The van der Waals surface area contributed by atoms with Crippen LogP contribution in [0.4, 0.5) is 0 Å². The molecule has 1 aromatic carbocycles. The van der Waals surface area contributed by atoms with Gasteiger partial charge >= 0.3 is 0 Å². The number of amides is 1. The van der Waals surface area contributed by atoms with E-state index in [1.54, 1.807) is 29.5 Å². The first-order chi connectivity index (χ1) is 11.8. The highest BCUT2D eigenvalue weighted by Gasteiger charge is 2.18. The summed E-state index contributed by atoms with van der Waals surface area (Å²) in [5.41, 5.74) is 2.52. The van der Waals surface area contributed by atoms with Gasteiger partial charge in [0.2, 0.25) is 0 Å². The lowest BCUT2D eigenvalue weighted by Gasteiger charge is -2.19. The van der Waals surface area contributed by atoms with Gasteiger partial charge in [-0.1, -0.05) is 43.3 Å². The minimum atomic E-state index is -0.248. The molecule has 3 rings (SSSR count). The SMILES string of the molecule is CCCn1cc(C(=O)NC(c2ccccc2)c2cccnc2)cn1. The number of nitrogens with one attached hydrogen (secondary N) is 1. The van der Waals surface area contributed by atoms with Crippen LogP contribution in [0.5, 0.6) is 0 Å². The predicted octanol–water partition coefficient (Wildman–Crippen LogP) is 3.21. The monoisotopic (exact) mass is 320 g/mol. The molecule has 0 aliphatic carbocycles. The Morgan fingerprint density at radius 1 is 1.12 bits per heavy atom. The van der Waals surface area contributed by atoms with E-state index in [1.165, 1.54) is 0 Å².